The molecule has 0 spiro atoms. The first-order valence-electron chi connectivity index (χ1n) is 14.7. The molecule has 0 saturated heterocycles. The number of hydrazine groups is 1. The largest absolute Gasteiger partial charge is 0.480 e. The van der Waals surface area contributed by atoms with E-state index in [2.05, 4.69) is 64.4 Å². The van der Waals surface area contributed by atoms with Crippen LogP contribution in [0, 0.1) is 6.92 Å². The maximum atomic E-state index is 13.3. The lowest BCUT2D eigenvalue weighted by Crippen LogP contribution is -2.35. The van der Waals surface area contributed by atoms with Crippen molar-refractivity contribution in [2.24, 2.45) is 0 Å². The van der Waals surface area contributed by atoms with Crippen LogP contribution in [0.25, 0.3) is 0 Å². The van der Waals surface area contributed by atoms with Crippen molar-refractivity contribution < 1.29 is 22.7 Å². The monoisotopic (exact) mass is 607 g/mol. The number of rotatable bonds is 14. The SMILES string of the molecule is CCC(Oc1ccc(C(C)(C)CC)cc1C(C)(C)CC)C(=O)Nc1ccc(NN(C=O)S(=O)(=O)c2ccc(C)cc2)cc1. The van der Waals surface area contributed by atoms with Crippen LogP contribution in [0.5, 0.6) is 5.75 Å². The van der Waals surface area contributed by atoms with Crippen LogP contribution in [0.3, 0.4) is 0 Å². The molecule has 2 amide bonds. The average Bonchev–Trinajstić information content (AvgIpc) is 2.99. The molecule has 2 N–H and O–H groups in total. The van der Waals surface area contributed by atoms with E-state index in [9.17, 15) is 18.0 Å². The molecule has 3 rings (SSSR count). The van der Waals surface area contributed by atoms with Crippen molar-refractivity contribution in [2.75, 3.05) is 10.7 Å². The number of amides is 2. The van der Waals surface area contributed by atoms with Crippen LogP contribution in [0.4, 0.5) is 11.4 Å². The van der Waals surface area contributed by atoms with E-state index in [0.29, 0.717) is 28.0 Å². The van der Waals surface area contributed by atoms with Crippen LogP contribution in [0.1, 0.15) is 84.4 Å². The minimum atomic E-state index is -4.10. The molecule has 0 aliphatic carbocycles. The fourth-order valence-electron chi connectivity index (χ4n) is 4.40. The van der Waals surface area contributed by atoms with Crippen molar-refractivity contribution in [3.63, 3.8) is 0 Å². The average molecular weight is 608 g/mol. The smallest absolute Gasteiger partial charge is 0.284 e. The molecule has 0 aliphatic rings. The predicted octanol–water partition coefficient (Wildman–Crippen LogP) is 7.34. The lowest BCUT2D eigenvalue weighted by Gasteiger charge is -2.31. The summed E-state index contributed by atoms with van der Waals surface area (Å²) >= 11 is 0. The van der Waals surface area contributed by atoms with E-state index < -0.39 is 16.1 Å². The minimum Gasteiger partial charge on any atom is -0.480 e. The molecule has 1 atom stereocenters. The highest BCUT2D eigenvalue weighted by Crippen LogP contribution is 2.39. The number of sulfonamides is 1. The molecule has 0 aliphatic heterocycles. The lowest BCUT2D eigenvalue weighted by molar-refractivity contribution is -0.122. The third-order valence-electron chi connectivity index (χ3n) is 8.26. The number of hydrogen-bond acceptors (Lipinski definition) is 6. The van der Waals surface area contributed by atoms with Crippen LogP contribution >= 0.6 is 0 Å². The Kier molecular flexibility index (Phi) is 10.7. The van der Waals surface area contributed by atoms with E-state index in [4.69, 9.17) is 4.74 Å². The highest BCUT2D eigenvalue weighted by molar-refractivity contribution is 7.89. The molecule has 0 bridgehead atoms. The number of nitrogens with zero attached hydrogens (tertiary/aromatic N) is 1. The number of carbonyl (C=O) groups is 2. The summed E-state index contributed by atoms with van der Waals surface area (Å²) in [5.41, 5.74) is 6.57. The maximum absolute atomic E-state index is 13.3. The first-order chi connectivity index (χ1) is 20.2. The molecule has 3 aromatic carbocycles. The number of aryl methyl sites for hydroxylation is 1. The van der Waals surface area contributed by atoms with Gasteiger partial charge in [0.25, 0.3) is 15.9 Å². The summed E-state index contributed by atoms with van der Waals surface area (Å²) in [4.78, 5) is 24.9. The summed E-state index contributed by atoms with van der Waals surface area (Å²) in [6, 6.07) is 18.9. The van der Waals surface area contributed by atoms with E-state index in [0.717, 1.165) is 24.0 Å². The molecule has 0 aromatic heterocycles. The maximum Gasteiger partial charge on any atom is 0.284 e. The second-order valence-electron chi connectivity index (χ2n) is 12.1. The zero-order valence-corrected chi connectivity index (χ0v) is 27.3. The molecule has 0 saturated carbocycles. The van der Waals surface area contributed by atoms with Gasteiger partial charge in [0.1, 0.15) is 5.75 Å². The normalized spacial score (nSPS) is 12.7. The minimum absolute atomic E-state index is 0.0126. The number of carbonyl (C=O) groups excluding carboxylic acids is 2. The molecule has 3 aromatic rings. The molecular weight excluding hydrogens is 562 g/mol. The third-order valence-corrected chi connectivity index (χ3v) is 9.82. The predicted molar refractivity (Wildman–Crippen MR) is 173 cm³/mol. The van der Waals surface area contributed by atoms with Crippen LogP contribution in [0.2, 0.25) is 0 Å². The number of benzene rings is 3. The Morgan fingerprint density at radius 3 is 2.00 bits per heavy atom. The lowest BCUT2D eigenvalue weighted by atomic mass is 9.76. The van der Waals surface area contributed by atoms with E-state index in [1.54, 1.807) is 36.4 Å². The zero-order chi connectivity index (χ0) is 32.0. The summed E-state index contributed by atoms with van der Waals surface area (Å²) < 4.78 is 32.7. The Morgan fingerprint density at radius 1 is 0.884 bits per heavy atom. The van der Waals surface area contributed by atoms with Crippen LogP contribution < -0.4 is 15.5 Å². The van der Waals surface area contributed by atoms with Crippen molar-refractivity contribution in [1.29, 1.82) is 0 Å². The number of anilines is 2. The Bertz CT molecular complexity index is 1510. The zero-order valence-electron chi connectivity index (χ0n) is 26.5. The Hall–Kier alpha value is -3.85. The second kappa shape index (κ2) is 13.6. The van der Waals surface area contributed by atoms with Gasteiger partial charge in [0.05, 0.1) is 10.6 Å². The van der Waals surface area contributed by atoms with Gasteiger partial charge in [0.2, 0.25) is 6.41 Å². The summed E-state index contributed by atoms with van der Waals surface area (Å²) in [6.45, 7) is 16.9. The van der Waals surface area contributed by atoms with Crippen LogP contribution in [-0.2, 0) is 30.4 Å². The van der Waals surface area contributed by atoms with Crippen molar-refractivity contribution in [3.8, 4) is 5.75 Å². The number of nitrogens with one attached hydrogen (secondary N) is 2. The topological polar surface area (TPSA) is 105 Å². The highest BCUT2D eigenvalue weighted by atomic mass is 32.2. The first-order valence-corrected chi connectivity index (χ1v) is 16.2. The highest BCUT2D eigenvalue weighted by Gasteiger charge is 2.29. The van der Waals surface area contributed by atoms with E-state index in [1.807, 2.05) is 19.9 Å². The molecule has 1 unspecified atom stereocenters. The summed E-state index contributed by atoms with van der Waals surface area (Å²) in [6.07, 6.45) is 1.86. The van der Waals surface area contributed by atoms with Crippen LogP contribution in [0.15, 0.2) is 71.6 Å². The molecule has 0 radical (unpaired) electrons. The molecule has 0 fully saturated rings. The second-order valence-corrected chi connectivity index (χ2v) is 13.9. The Labute approximate surface area is 256 Å². The van der Waals surface area contributed by atoms with Gasteiger partial charge in [-0.25, -0.2) is 0 Å². The molecule has 8 nitrogen and oxygen atoms in total. The molecule has 9 heteroatoms. The standard InChI is InChI=1S/C34H45N3O5S/c1-9-30(42-31-21-14-25(33(5,6)10-2)22-29(31)34(7,8)11-3)32(39)35-26-15-17-27(18-16-26)36-37(23-38)43(40,41)28-19-12-24(4)13-20-28/h12-23,30,36H,9-11H2,1-8H3,(H,35,39). The Morgan fingerprint density at radius 2 is 1.47 bits per heavy atom. The van der Waals surface area contributed by atoms with Crippen LogP contribution in [-0.4, -0.2) is 31.3 Å². The van der Waals surface area contributed by atoms with Crippen molar-refractivity contribution in [3.05, 3.63) is 83.4 Å². The fraction of sp³-hybridized carbons (Fsp3) is 0.412. The van der Waals surface area contributed by atoms with E-state index in [-0.39, 0.29) is 28.0 Å². The molecule has 43 heavy (non-hydrogen) atoms. The van der Waals surface area contributed by atoms with Crippen molar-refractivity contribution in [2.45, 2.75) is 96.5 Å². The molecular formula is C34H45N3O5S. The number of hydrogen-bond donors (Lipinski definition) is 2. The summed E-state index contributed by atoms with van der Waals surface area (Å²) in [5, 5.41) is 2.89. The van der Waals surface area contributed by atoms with Gasteiger partial charge in [-0.2, -0.15) is 8.42 Å². The van der Waals surface area contributed by atoms with Gasteiger partial charge >= 0.3 is 0 Å². The van der Waals surface area contributed by atoms with Gasteiger partial charge in [0, 0.05) is 11.3 Å². The quantitative estimate of drug-likeness (QED) is 0.147. The fourth-order valence-corrected chi connectivity index (χ4v) is 5.44. The first kappa shape index (κ1) is 33.6. The molecule has 0 heterocycles. The third kappa shape index (κ3) is 7.96. The summed E-state index contributed by atoms with van der Waals surface area (Å²) in [7, 11) is -4.10. The summed E-state index contributed by atoms with van der Waals surface area (Å²) in [5.74, 6) is 0.408. The van der Waals surface area contributed by atoms with Gasteiger partial charge < -0.3 is 10.1 Å². The van der Waals surface area contributed by atoms with E-state index >= 15 is 0 Å². The van der Waals surface area contributed by atoms with Gasteiger partial charge in [-0.15, -0.1) is 4.41 Å². The number of ether oxygens (including phenoxy) is 1. The van der Waals surface area contributed by atoms with Crippen molar-refractivity contribution >= 4 is 33.7 Å². The Balaban J connectivity index is 1.75. The van der Waals surface area contributed by atoms with Gasteiger partial charge in [0.15, 0.2) is 6.10 Å². The van der Waals surface area contributed by atoms with E-state index in [1.165, 1.54) is 17.7 Å². The molecule has 232 valence electrons. The van der Waals surface area contributed by atoms with Gasteiger partial charge in [-0.1, -0.05) is 78.3 Å². The van der Waals surface area contributed by atoms with Gasteiger partial charge in [-0.3, -0.25) is 15.0 Å². The van der Waals surface area contributed by atoms with Crippen molar-refractivity contribution in [1.82, 2.24) is 4.41 Å². The van der Waals surface area contributed by atoms with Gasteiger partial charge in [-0.05, 0) is 85.0 Å².